The summed E-state index contributed by atoms with van der Waals surface area (Å²) >= 11 is 4.66. The third-order valence-electron chi connectivity index (χ3n) is 2.65. The standard InChI is InChI=1S/C12H15BrN2O3S2/c1-8(10-4-3-5-19-10)15-20(16,17)11-6-9(7-14-2)18-12(11)13/h3-6,8,14-15H,7H2,1-2H3. The Morgan fingerprint density at radius 2 is 2.25 bits per heavy atom. The van der Waals surface area contributed by atoms with Crippen molar-refractivity contribution in [3.8, 4) is 0 Å². The highest BCUT2D eigenvalue weighted by Crippen LogP contribution is 2.28. The first-order valence-corrected chi connectivity index (χ1v) is 9.08. The summed E-state index contributed by atoms with van der Waals surface area (Å²) in [5, 5.41) is 4.83. The molecule has 0 spiro atoms. The second-order valence-electron chi connectivity index (χ2n) is 4.24. The summed E-state index contributed by atoms with van der Waals surface area (Å²) in [5.74, 6) is 0.559. The predicted octanol–water partition coefficient (Wildman–Crippen LogP) is 2.86. The molecule has 8 heteroatoms. The molecular weight excluding hydrogens is 364 g/mol. The molecule has 0 radical (unpaired) electrons. The molecule has 0 amide bonds. The Kier molecular flexibility index (Phi) is 5.03. The average molecular weight is 379 g/mol. The summed E-state index contributed by atoms with van der Waals surface area (Å²) < 4.78 is 32.9. The fourth-order valence-corrected chi connectivity index (χ4v) is 4.76. The van der Waals surface area contributed by atoms with Gasteiger partial charge in [0.25, 0.3) is 0 Å². The van der Waals surface area contributed by atoms with Crippen LogP contribution in [0.15, 0.2) is 37.6 Å². The lowest BCUT2D eigenvalue weighted by Gasteiger charge is -2.11. The molecule has 0 fully saturated rings. The second kappa shape index (κ2) is 6.40. The van der Waals surface area contributed by atoms with Gasteiger partial charge in [0.2, 0.25) is 10.0 Å². The van der Waals surface area contributed by atoms with E-state index in [1.807, 2.05) is 24.4 Å². The van der Waals surface area contributed by atoms with Crippen molar-refractivity contribution in [2.45, 2.75) is 24.4 Å². The normalized spacial score (nSPS) is 13.6. The molecule has 0 aliphatic rings. The number of hydrogen-bond donors (Lipinski definition) is 2. The van der Waals surface area contributed by atoms with Gasteiger partial charge >= 0.3 is 0 Å². The largest absolute Gasteiger partial charge is 0.452 e. The Bertz CT molecular complexity index is 665. The monoisotopic (exact) mass is 378 g/mol. The zero-order valence-electron chi connectivity index (χ0n) is 11.0. The first-order valence-electron chi connectivity index (χ1n) is 5.92. The van der Waals surface area contributed by atoms with Crippen LogP contribution in [0.5, 0.6) is 0 Å². The van der Waals surface area contributed by atoms with Crippen molar-refractivity contribution < 1.29 is 12.8 Å². The Hall–Kier alpha value is -0.670. The zero-order chi connectivity index (χ0) is 14.8. The first kappa shape index (κ1) is 15.7. The van der Waals surface area contributed by atoms with Crippen LogP contribution in [-0.2, 0) is 16.6 Å². The van der Waals surface area contributed by atoms with Crippen LogP contribution in [-0.4, -0.2) is 15.5 Å². The van der Waals surface area contributed by atoms with Crippen molar-refractivity contribution in [3.05, 3.63) is 38.9 Å². The summed E-state index contributed by atoms with van der Waals surface area (Å²) in [6, 6.07) is 5.03. The SMILES string of the molecule is CNCc1cc(S(=O)(=O)NC(C)c2cccs2)c(Br)o1. The fourth-order valence-electron chi connectivity index (χ4n) is 1.73. The molecule has 0 aliphatic heterocycles. The lowest BCUT2D eigenvalue weighted by molar-refractivity contribution is 0.470. The van der Waals surface area contributed by atoms with Crippen LogP contribution in [0.25, 0.3) is 0 Å². The van der Waals surface area contributed by atoms with Gasteiger partial charge in [-0.2, -0.15) is 0 Å². The molecule has 110 valence electrons. The van der Waals surface area contributed by atoms with Gasteiger partial charge in [-0.05, 0) is 41.3 Å². The Labute approximate surface area is 130 Å². The highest BCUT2D eigenvalue weighted by atomic mass is 79.9. The van der Waals surface area contributed by atoms with E-state index < -0.39 is 10.0 Å². The third-order valence-corrected chi connectivity index (χ3v) is 6.10. The number of nitrogens with one attached hydrogen (secondary N) is 2. The zero-order valence-corrected chi connectivity index (χ0v) is 14.2. The van der Waals surface area contributed by atoms with Gasteiger partial charge in [0.15, 0.2) is 4.67 Å². The highest BCUT2D eigenvalue weighted by Gasteiger charge is 2.24. The minimum atomic E-state index is -3.63. The molecule has 0 aromatic carbocycles. The maximum absolute atomic E-state index is 12.4. The fraction of sp³-hybridized carbons (Fsp3) is 0.333. The summed E-state index contributed by atoms with van der Waals surface area (Å²) in [6.45, 7) is 2.28. The molecule has 0 aliphatic carbocycles. The van der Waals surface area contributed by atoms with Crippen LogP contribution in [0.2, 0.25) is 0 Å². The number of thiophene rings is 1. The van der Waals surface area contributed by atoms with Crippen LogP contribution in [0.4, 0.5) is 0 Å². The molecule has 20 heavy (non-hydrogen) atoms. The maximum atomic E-state index is 12.4. The molecule has 2 rings (SSSR count). The van der Waals surface area contributed by atoms with Gasteiger partial charge in [0, 0.05) is 10.9 Å². The predicted molar refractivity (Wildman–Crippen MR) is 82.2 cm³/mol. The Morgan fingerprint density at radius 3 is 2.85 bits per heavy atom. The quantitative estimate of drug-likeness (QED) is 0.810. The van der Waals surface area contributed by atoms with E-state index >= 15 is 0 Å². The van der Waals surface area contributed by atoms with E-state index in [1.165, 1.54) is 17.4 Å². The van der Waals surface area contributed by atoms with Crippen molar-refractivity contribution in [2.75, 3.05) is 7.05 Å². The van der Waals surface area contributed by atoms with Gasteiger partial charge in [0.1, 0.15) is 10.7 Å². The molecule has 0 saturated carbocycles. The smallest absolute Gasteiger partial charge is 0.245 e. The molecule has 2 aromatic rings. The second-order valence-corrected chi connectivity index (χ2v) is 7.62. The van der Waals surface area contributed by atoms with Crippen molar-refractivity contribution in [1.29, 1.82) is 0 Å². The summed E-state index contributed by atoms with van der Waals surface area (Å²) in [4.78, 5) is 1.08. The Morgan fingerprint density at radius 1 is 1.50 bits per heavy atom. The lowest BCUT2D eigenvalue weighted by atomic mass is 10.3. The molecule has 2 N–H and O–H groups in total. The van der Waals surface area contributed by atoms with Crippen molar-refractivity contribution >= 4 is 37.3 Å². The van der Waals surface area contributed by atoms with E-state index in [0.717, 1.165) is 4.88 Å². The van der Waals surface area contributed by atoms with E-state index in [4.69, 9.17) is 4.42 Å². The summed E-state index contributed by atoms with van der Waals surface area (Å²) in [5.41, 5.74) is 0. The molecule has 2 heterocycles. The van der Waals surface area contributed by atoms with Crippen molar-refractivity contribution in [1.82, 2.24) is 10.0 Å². The van der Waals surface area contributed by atoms with Crippen LogP contribution in [0.1, 0.15) is 23.6 Å². The molecular formula is C12H15BrN2O3S2. The average Bonchev–Trinajstić information content (AvgIpc) is 2.98. The topological polar surface area (TPSA) is 71.3 Å². The van der Waals surface area contributed by atoms with Gasteiger partial charge < -0.3 is 9.73 Å². The minimum Gasteiger partial charge on any atom is -0.452 e. The van der Waals surface area contributed by atoms with Crippen molar-refractivity contribution in [2.24, 2.45) is 0 Å². The van der Waals surface area contributed by atoms with Gasteiger partial charge in [0.05, 0.1) is 12.6 Å². The van der Waals surface area contributed by atoms with Gasteiger partial charge in [-0.3, -0.25) is 0 Å². The first-order chi connectivity index (χ1) is 9.44. The van der Waals surface area contributed by atoms with E-state index in [-0.39, 0.29) is 15.6 Å². The van der Waals surface area contributed by atoms with Crippen LogP contribution >= 0.6 is 27.3 Å². The molecule has 1 atom stereocenters. The summed E-state index contributed by atoms with van der Waals surface area (Å²) in [7, 11) is -1.86. The van der Waals surface area contributed by atoms with Gasteiger partial charge in [-0.1, -0.05) is 6.07 Å². The van der Waals surface area contributed by atoms with Crippen molar-refractivity contribution in [3.63, 3.8) is 0 Å². The number of rotatable bonds is 6. The van der Waals surface area contributed by atoms with E-state index in [9.17, 15) is 8.42 Å². The van der Waals surface area contributed by atoms with Gasteiger partial charge in [-0.15, -0.1) is 11.3 Å². The van der Waals surface area contributed by atoms with E-state index in [0.29, 0.717) is 12.3 Å². The number of sulfonamides is 1. The number of hydrogen-bond acceptors (Lipinski definition) is 5. The minimum absolute atomic E-state index is 0.117. The number of furan rings is 1. The van der Waals surface area contributed by atoms with Crippen LogP contribution < -0.4 is 10.0 Å². The van der Waals surface area contributed by atoms with Crippen LogP contribution in [0.3, 0.4) is 0 Å². The molecule has 0 saturated heterocycles. The lowest BCUT2D eigenvalue weighted by Crippen LogP contribution is -2.26. The highest BCUT2D eigenvalue weighted by molar-refractivity contribution is 9.10. The molecule has 0 bridgehead atoms. The van der Waals surface area contributed by atoms with E-state index in [2.05, 4.69) is 26.0 Å². The summed E-state index contributed by atoms with van der Waals surface area (Å²) in [6.07, 6.45) is 0. The molecule has 1 unspecified atom stereocenters. The van der Waals surface area contributed by atoms with Gasteiger partial charge in [-0.25, -0.2) is 13.1 Å². The molecule has 2 aromatic heterocycles. The van der Waals surface area contributed by atoms with E-state index in [1.54, 1.807) is 7.05 Å². The maximum Gasteiger partial charge on any atom is 0.245 e. The Balaban J connectivity index is 2.22. The molecule has 5 nitrogen and oxygen atoms in total. The third kappa shape index (κ3) is 3.50. The number of halogens is 1. The van der Waals surface area contributed by atoms with Crippen LogP contribution in [0, 0.1) is 0 Å².